The molecule has 0 spiro atoms. The molecule has 0 aromatic rings. The first-order valence-electron chi connectivity index (χ1n) is 2.03. The number of rotatable bonds is 0. The maximum atomic E-state index is 9.48. The van der Waals surface area contributed by atoms with Crippen molar-refractivity contribution < 1.29 is 4.79 Å². The Hall–Kier alpha value is -1.17. The number of terminal acetylenes is 1. The van der Waals surface area contributed by atoms with Gasteiger partial charge in [0.05, 0.1) is 0 Å². The van der Waals surface area contributed by atoms with Crippen LogP contribution in [0.1, 0.15) is 6.92 Å². The molecule has 0 rings (SSSR count). The Morgan fingerprint density at radius 1 is 1.88 bits per heavy atom. The van der Waals surface area contributed by atoms with Gasteiger partial charge in [-0.25, -0.2) is 4.79 Å². The van der Waals surface area contributed by atoms with E-state index in [1.165, 1.54) is 7.05 Å². The number of primary amides is 1. The Labute approximate surface area is 49.3 Å². The molecule has 0 radical (unpaired) electrons. The van der Waals surface area contributed by atoms with Crippen molar-refractivity contribution >= 4 is 6.03 Å². The summed E-state index contributed by atoms with van der Waals surface area (Å²) in [6.45, 7) is 1.65. The van der Waals surface area contributed by atoms with Crippen LogP contribution < -0.4 is 11.1 Å². The van der Waals surface area contributed by atoms with Gasteiger partial charge in [0, 0.05) is 7.05 Å². The third-order valence-corrected chi connectivity index (χ3v) is 0.246. The molecule has 2 amide bonds. The van der Waals surface area contributed by atoms with Gasteiger partial charge in [-0.15, -0.1) is 12.3 Å². The number of urea groups is 1. The first-order chi connectivity index (χ1) is 3.68. The summed E-state index contributed by atoms with van der Waals surface area (Å²) in [6.07, 6.45) is 4.60. The summed E-state index contributed by atoms with van der Waals surface area (Å²) in [6, 6.07) is -0.495. The molecule has 0 unspecified atom stereocenters. The maximum absolute atomic E-state index is 9.48. The van der Waals surface area contributed by atoms with Gasteiger partial charge in [-0.3, -0.25) is 0 Å². The van der Waals surface area contributed by atoms with Crippen LogP contribution in [0, 0.1) is 12.3 Å². The highest BCUT2D eigenvalue weighted by atomic mass is 16.2. The number of nitrogens with one attached hydrogen (secondary N) is 1. The number of amides is 2. The van der Waals surface area contributed by atoms with Gasteiger partial charge >= 0.3 is 6.03 Å². The molecule has 0 saturated carbocycles. The average Bonchev–Trinajstić information content (AvgIpc) is 1.69. The predicted molar refractivity (Wildman–Crippen MR) is 33.2 cm³/mol. The fourth-order valence-electron chi connectivity index (χ4n) is 0. The molecule has 3 nitrogen and oxygen atoms in total. The summed E-state index contributed by atoms with van der Waals surface area (Å²) < 4.78 is 0. The lowest BCUT2D eigenvalue weighted by Gasteiger charge is -1.80. The molecule has 0 aromatic carbocycles. The summed E-state index contributed by atoms with van der Waals surface area (Å²) in [4.78, 5) is 9.48. The Bertz CT molecular complexity index is 93.1. The third kappa shape index (κ3) is 103. The van der Waals surface area contributed by atoms with Gasteiger partial charge < -0.3 is 11.1 Å². The van der Waals surface area contributed by atoms with Gasteiger partial charge in [0.15, 0.2) is 0 Å². The average molecular weight is 114 g/mol. The zero-order chi connectivity index (χ0) is 6.99. The van der Waals surface area contributed by atoms with Crippen molar-refractivity contribution in [3.05, 3.63) is 0 Å². The lowest BCUT2D eigenvalue weighted by atomic mass is 10.9. The van der Waals surface area contributed by atoms with Gasteiger partial charge in [0.25, 0.3) is 0 Å². The van der Waals surface area contributed by atoms with E-state index < -0.39 is 6.03 Å². The van der Waals surface area contributed by atoms with E-state index in [0.29, 0.717) is 0 Å². The Morgan fingerprint density at radius 2 is 2.00 bits per heavy atom. The van der Waals surface area contributed by atoms with Crippen LogP contribution in [0.3, 0.4) is 0 Å². The van der Waals surface area contributed by atoms with Crippen molar-refractivity contribution in [2.75, 3.05) is 7.05 Å². The van der Waals surface area contributed by atoms with Gasteiger partial charge in [-0.1, -0.05) is 0 Å². The topological polar surface area (TPSA) is 55.1 Å². The Kier molecular flexibility index (Phi) is 11.5. The number of hydrogen-bond acceptors (Lipinski definition) is 1. The van der Waals surface area contributed by atoms with E-state index in [1.807, 2.05) is 0 Å². The second kappa shape index (κ2) is 9.27. The molecule has 46 valence electrons. The molecule has 0 aliphatic carbocycles. The van der Waals surface area contributed by atoms with E-state index in [9.17, 15) is 4.79 Å². The summed E-state index contributed by atoms with van der Waals surface area (Å²) in [5.74, 6) is 2.25. The van der Waals surface area contributed by atoms with Crippen LogP contribution >= 0.6 is 0 Å². The quantitative estimate of drug-likeness (QED) is 0.425. The molecule has 0 aliphatic heterocycles. The van der Waals surface area contributed by atoms with Crippen molar-refractivity contribution in [2.24, 2.45) is 5.73 Å². The highest BCUT2D eigenvalue weighted by molar-refractivity contribution is 5.71. The van der Waals surface area contributed by atoms with Crippen molar-refractivity contribution in [1.29, 1.82) is 0 Å². The van der Waals surface area contributed by atoms with E-state index in [1.54, 1.807) is 6.92 Å². The number of nitrogens with two attached hydrogens (primary N) is 1. The minimum absolute atomic E-state index is 0.495. The second-order valence-corrected chi connectivity index (χ2v) is 0.903. The van der Waals surface area contributed by atoms with Crippen molar-refractivity contribution in [2.45, 2.75) is 6.92 Å². The molecule has 3 heteroatoms. The van der Waals surface area contributed by atoms with Crippen LogP contribution in [0.15, 0.2) is 0 Å². The molecule has 0 atom stereocenters. The second-order valence-electron chi connectivity index (χ2n) is 0.903. The SMILES string of the molecule is C#CC.CNC(N)=O. The minimum atomic E-state index is -0.495. The van der Waals surface area contributed by atoms with E-state index in [2.05, 4.69) is 23.4 Å². The van der Waals surface area contributed by atoms with Crippen molar-refractivity contribution in [3.8, 4) is 12.3 Å². The first kappa shape index (κ1) is 9.95. The van der Waals surface area contributed by atoms with E-state index in [-0.39, 0.29) is 0 Å². The maximum Gasteiger partial charge on any atom is 0.311 e. The van der Waals surface area contributed by atoms with Gasteiger partial charge in [-0.05, 0) is 6.92 Å². The number of hydrogen-bond donors (Lipinski definition) is 2. The highest BCUT2D eigenvalue weighted by Gasteiger charge is 1.72. The molecule has 0 aromatic heterocycles. The number of carbonyl (C=O) groups excluding carboxylic acids is 1. The zero-order valence-electron chi connectivity index (χ0n) is 5.06. The van der Waals surface area contributed by atoms with Gasteiger partial charge in [0.2, 0.25) is 0 Å². The smallest absolute Gasteiger partial charge is 0.311 e. The van der Waals surface area contributed by atoms with Crippen LogP contribution in [0.2, 0.25) is 0 Å². The lowest BCUT2D eigenvalue weighted by Crippen LogP contribution is -2.24. The summed E-state index contributed by atoms with van der Waals surface area (Å²) in [5.41, 5.74) is 4.54. The summed E-state index contributed by atoms with van der Waals surface area (Å²) in [7, 11) is 1.47. The third-order valence-electron chi connectivity index (χ3n) is 0.246. The zero-order valence-corrected chi connectivity index (χ0v) is 5.06. The molecule has 0 aliphatic rings. The van der Waals surface area contributed by atoms with Crippen molar-refractivity contribution in [3.63, 3.8) is 0 Å². The van der Waals surface area contributed by atoms with Crippen LogP contribution in [0.25, 0.3) is 0 Å². The van der Waals surface area contributed by atoms with Gasteiger partial charge in [0.1, 0.15) is 0 Å². The lowest BCUT2D eigenvalue weighted by molar-refractivity contribution is 0.251. The standard InChI is InChI=1S/C3H4.C2H6N2O/c1-3-2;1-4-2(3)5/h1H,2H3;1H3,(H3,3,4,5). The molecule has 8 heavy (non-hydrogen) atoms. The van der Waals surface area contributed by atoms with Crippen LogP contribution in [-0.4, -0.2) is 13.1 Å². The highest BCUT2D eigenvalue weighted by Crippen LogP contribution is 1.38. The molecular weight excluding hydrogens is 104 g/mol. The van der Waals surface area contributed by atoms with E-state index in [4.69, 9.17) is 0 Å². The normalized spacial score (nSPS) is 5.12. The molecule has 3 N–H and O–H groups in total. The Balaban J connectivity index is 0. The summed E-state index contributed by atoms with van der Waals surface area (Å²) >= 11 is 0. The molecule has 0 fully saturated rings. The molecule has 0 saturated heterocycles. The first-order valence-corrected chi connectivity index (χ1v) is 2.03. The van der Waals surface area contributed by atoms with Crippen LogP contribution in [-0.2, 0) is 0 Å². The Morgan fingerprint density at radius 3 is 2.00 bits per heavy atom. The monoisotopic (exact) mass is 114 g/mol. The van der Waals surface area contributed by atoms with E-state index in [0.717, 1.165) is 0 Å². The fraction of sp³-hybridized carbons (Fsp3) is 0.400. The molecule has 0 heterocycles. The van der Waals surface area contributed by atoms with Crippen molar-refractivity contribution in [1.82, 2.24) is 5.32 Å². The fourth-order valence-corrected chi connectivity index (χ4v) is 0. The minimum Gasteiger partial charge on any atom is -0.352 e. The summed E-state index contributed by atoms with van der Waals surface area (Å²) in [5, 5.41) is 2.17. The largest absolute Gasteiger partial charge is 0.352 e. The van der Waals surface area contributed by atoms with E-state index >= 15 is 0 Å². The van der Waals surface area contributed by atoms with Crippen LogP contribution in [0.4, 0.5) is 4.79 Å². The van der Waals surface area contributed by atoms with Crippen LogP contribution in [0.5, 0.6) is 0 Å². The van der Waals surface area contributed by atoms with Gasteiger partial charge in [-0.2, -0.15) is 0 Å². The number of carbonyl (C=O) groups is 1. The molecule has 0 bridgehead atoms. The predicted octanol–water partition coefficient (Wildman–Crippen LogP) is -0.0760. The molecular formula is C5H10N2O.